The van der Waals surface area contributed by atoms with Crippen molar-refractivity contribution in [1.82, 2.24) is 5.16 Å². The van der Waals surface area contributed by atoms with E-state index in [0.717, 1.165) is 10.4 Å². The molecule has 2 heterocycles. The maximum atomic E-state index is 12.3. The summed E-state index contributed by atoms with van der Waals surface area (Å²) in [6, 6.07) is 0. The molecule has 0 radical (unpaired) electrons. The van der Waals surface area contributed by atoms with Gasteiger partial charge < -0.3 is 19.3 Å². The highest BCUT2D eigenvalue weighted by molar-refractivity contribution is 7.16. The topological polar surface area (TPSA) is 108 Å². The summed E-state index contributed by atoms with van der Waals surface area (Å²) < 4.78 is 15.0. The lowest BCUT2D eigenvalue weighted by molar-refractivity contribution is -0.119. The van der Waals surface area contributed by atoms with Gasteiger partial charge in [-0.2, -0.15) is 0 Å². The zero-order chi connectivity index (χ0) is 20.1. The number of anilines is 1. The van der Waals surface area contributed by atoms with Crippen molar-refractivity contribution in [2.24, 2.45) is 0 Å². The number of thiophene rings is 1. The van der Waals surface area contributed by atoms with Gasteiger partial charge in [0.15, 0.2) is 6.61 Å². The quantitative estimate of drug-likeness (QED) is 0.719. The van der Waals surface area contributed by atoms with Gasteiger partial charge in [-0.3, -0.25) is 4.79 Å². The molecule has 8 nitrogen and oxygen atoms in total. The number of nitrogens with one attached hydrogen (secondary N) is 1. The minimum absolute atomic E-state index is 0.204. The van der Waals surface area contributed by atoms with E-state index in [1.165, 1.54) is 11.3 Å². The first-order valence-corrected chi connectivity index (χ1v) is 9.30. The molecule has 27 heavy (non-hydrogen) atoms. The molecule has 2 aromatic heterocycles. The summed E-state index contributed by atoms with van der Waals surface area (Å²) in [6.07, 6.45) is 0.632. The number of nitrogens with zero attached hydrogens (tertiary/aromatic N) is 1. The first kappa shape index (κ1) is 20.6. The van der Waals surface area contributed by atoms with E-state index >= 15 is 0 Å². The average molecular weight is 394 g/mol. The molecule has 0 aliphatic carbocycles. The van der Waals surface area contributed by atoms with E-state index in [4.69, 9.17) is 14.0 Å². The van der Waals surface area contributed by atoms with Gasteiger partial charge in [-0.25, -0.2) is 9.59 Å². The first-order chi connectivity index (χ1) is 12.8. The van der Waals surface area contributed by atoms with Crippen LogP contribution in [0.1, 0.15) is 56.5 Å². The van der Waals surface area contributed by atoms with Crippen molar-refractivity contribution in [1.29, 1.82) is 0 Å². The van der Waals surface area contributed by atoms with E-state index in [-0.39, 0.29) is 12.2 Å². The van der Waals surface area contributed by atoms with E-state index < -0.39 is 24.5 Å². The Hall–Kier alpha value is -2.68. The molecule has 0 fully saturated rings. The molecular formula is C18H22N2O6S. The van der Waals surface area contributed by atoms with Crippen LogP contribution in [0, 0.1) is 20.8 Å². The van der Waals surface area contributed by atoms with Crippen molar-refractivity contribution in [2.75, 3.05) is 18.5 Å². The fourth-order valence-electron chi connectivity index (χ4n) is 2.65. The number of aromatic nitrogens is 1. The molecule has 0 atom stereocenters. The molecule has 0 bridgehead atoms. The number of ether oxygens (including phenoxy) is 2. The molecule has 2 aromatic rings. The molecule has 0 unspecified atom stereocenters. The maximum Gasteiger partial charge on any atom is 0.344 e. The zero-order valence-corrected chi connectivity index (χ0v) is 16.7. The lowest BCUT2D eigenvalue weighted by Crippen LogP contribution is -2.22. The molecule has 1 amide bonds. The van der Waals surface area contributed by atoms with Gasteiger partial charge in [0.1, 0.15) is 16.3 Å². The van der Waals surface area contributed by atoms with Crippen LogP contribution in [-0.4, -0.2) is 36.2 Å². The average Bonchev–Trinajstić information content (AvgIpc) is 3.11. The standard InChI is InChI=1S/C18H22N2O6S/c1-6-12-11(5)27-16(15(12)18(23)24-7-2)19-13(21)8-25-17(22)14-9(3)20-26-10(14)4/h6-8H2,1-5H3,(H,19,21). The Balaban J connectivity index is 2.09. The summed E-state index contributed by atoms with van der Waals surface area (Å²) in [5, 5.41) is 6.70. The van der Waals surface area contributed by atoms with Crippen molar-refractivity contribution >= 4 is 34.2 Å². The smallest absolute Gasteiger partial charge is 0.344 e. The number of aryl methyl sites for hydroxylation is 3. The van der Waals surface area contributed by atoms with Crippen LogP contribution < -0.4 is 5.32 Å². The van der Waals surface area contributed by atoms with Crippen LogP contribution in [0.4, 0.5) is 5.00 Å². The van der Waals surface area contributed by atoms with E-state index in [9.17, 15) is 14.4 Å². The molecular weight excluding hydrogens is 372 g/mol. The summed E-state index contributed by atoms with van der Waals surface area (Å²) in [4.78, 5) is 37.5. The van der Waals surface area contributed by atoms with E-state index in [1.54, 1.807) is 20.8 Å². The highest BCUT2D eigenvalue weighted by atomic mass is 32.1. The van der Waals surface area contributed by atoms with Crippen LogP contribution in [0.25, 0.3) is 0 Å². The minimum Gasteiger partial charge on any atom is -0.462 e. The molecule has 0 aliphatic heterocycles. The third kappa shape index (κ3) is 4.54. The maximum absolute atomic E-state index is 12.3. The number of amides is 1. The second-order valence-electron chi connectivity index (χ2n) is 5.74. The fraction of sp³-hybridized carbons (Fsp3) is 0.444. The second-order valence-corrected chi connectivity index (χ2v) is 6.96. The highest BCUT2D eigenvalue weighted by Gasteiger charge is 2.24. The lowest BCUT2D eigenvalue weighted by atomic mass is 10.1. The van der Waals surface area contributed by atoms with Gasteiger partial charge in [-0.15, -0.1) is 11.3 Å². The summed E-state index contributed by atoms with van der Waals surface area (Å²) in [5.41, 5.74) is 1.79. The molecule has 0 saturated carbocycles. The van der Waals surface area contributed by atoms with E-state index in [0.29, 0.717) is 28.4 Å². The number of esters is 2. The summed E-state index contributed by atoms with van der Waals surface area (Å²) in [6.45, 7) is 8.45. The number of rotatable bonds is 7. The highest BCUT2D eigenvalue weighted by Crippen LogP contribution is 2.34. The summed E-state index contributed by atoms with van der Waals surface area (Å²) >= 11 is 1.29. The number of hydrogen-bond acceptors (Lipinski definition) is 8. The normalized spacial score (nSPS) is 10.6. The van der Waals surface area contributed by atoms with Crippen LogP contribution >= 0.6 is 11.3 Å². The second kappa shape index (κ2) is 8.81. The van der Waals surface area contributed by atoms with Crippen molar-refractivity contribution in [3.05, 3.63) is 33.0 Å². The third-order valence-electron chi connectivity index (χ3n) is 3.87. The Kier molecular flexibility index (Phi) is 6.73. The molecule has 2 rings (SSSR count). The van der Waals surface area contributed by atoms with Crippen molar-refractivity contribution in [3.63, 3.8) is 0 Å². The summed E-state index contributed by atoms with van der Waals surface area (Å²) in [5.74, 6) is -1.40. The Morgan fingerprint density at radius 1 is 1.07 bits per heavy atom. The van der Waals surface area contributed by atoms with E-state index in [2.05, 4.69) is 10.5 Å². The molecule has 0 aliphatic rings. The fourth-order valence-corrected chi connectivity index (χ4v) is 3.80. The van der Waals surface area contributed by atoms with Crippen LogP contribution in [0.2, 0.25) is 0 Å². The molecule has 1 N–H and O–H groups in total. The van der Waals surface area contributed by atoms with Crippen LogP contribution in [-0.2, 0) is 20.7 Å². The van der Waals surface area contributed by atoms with Crippen LogP contribution in [0.15, 0.2) is 4.52 Å². The van der Waals surface area contributed by atoms with Crippen LogP contribution in [0.3, 0.4) is 0 Å². The van der Waals surface area contributed by atoms with Crippen molar-refractivity contribution in [2.45, 2.75) is 41.0 Å². The van der Waals surface area contributed by atoms with Gasteiger partial charge in [0.2, 0.25) is 0 Å². The Morgan fingerprint density at radius 3 is 2.30 bits per heavy atom. The molecule has 9 heteroatoms. The number of carbonyl (C=O) groups is 3. The Labute approximate surface area is 160 Å². The van der Waals surface area contributed by atoms with Gasteiger partial charge in [0.05, 0.1) is 17.9 Å². The first-order valence-electron chi connectivity index (χ1n) is 8.49. The number of hydrogen-bond donors (Lipinski definition) is 1. The zero-order valence-electron chi connectivity index (χ0n) is 15.9. The van der Waals surface area contributed by atoms with Gasteiger partial charge in [0.25, 0.3) is 5.91 Å². The monoisotopic (exact) mass is 394 g/mol. The summed E-state index contributed by atoms with van der Waals surface area (Å²) in [7, 11) is 0. The van der Waals surface area contributed by atoms with E-state index in [1.807, 2.05) is 13.8 Å². The Bertz CT molecular complexity index is 848. The predicted octanol–water partition coefficient (Wildman–Crippen LogP) is 3.20. The van der Waals surface area contributed by atoms with Crippen molar-refractivity contribution in [3.8, 4) is 0 Å². The van der Waals surface area contributed by atoms with Gasteiger partial charge in [-0.05, 0) is 39.7 Å². The molecule has 0 spiro atoms. The SMILES string of the molecule is CCOC(=O)c1c(NC(=O)COC(=O)c2c(C)noc2C)sc(C)c1CC. The van der Waals surface area contributed by atoms with Gasteiger partial charge >= 0.3 is 11.9 Å². The molecule has 0 saturated heterocycles. The largest absolute Gasteiger partial charge is 0.462 e. The van der Waals surface area contributed by atoms with Crippen LogP contribution in [0.5, 0.6) is 0 Å². The lowest BCUT2D eigenvalue weighted by Gasteiger charge is -2.08. The van der Waals surface area contributed by atoms with Gasteiger partial charge in [-0.1, -0.05) is 12.1 Å². The third-order valence-corrected chi connectivity index (χ3v) is 4.93. The van der Waals surface area contributed by atoms with Gasteiger partial charge in [0, 0.05) is 4.88 Å². The predicted molar refractivity (Wildman–Crippen MR) is 99.3 cm³/mol. The number of carbonyl (C=O) groups excluding carboxylic acids is 3. The molecule has 0 aromatic carbocycles. The minimum atomic E-state index is -0.691. The van der Waals surface area contributed by atoms with Crippen molar-refractivity contribution < 1.29 is 28.4 Å². The molecule has 146 valence electrons. The Morgan fingerprint density at radius 2 is 1.74 bits per heavy atom.